The zero-order valence-electron chi connectivity index (χ0n) is 9.27. The van der Waals surface area contributed by atoms with Crippen LogP contribution in [0.25, 0.3) is 0 Å². The number of benzene rings is 1. The fourth-order valence-corrected chi connectivity index (χ4v) is 2.72. The molecule has 0 aliphatic rings. The SMILES string of the molecule is O=S(=O)(Nc1cc(Br)ccn1)c1cc(F)cc(F)c1. The van der Waals surface area contributed by atoms with Crippen molar-refractivity contribution >= 4 is 31.8 Å². The lowest BCUT2D eigenvalue weighted by molar-refractivity contribution is 0.568. The highest BCUT2D eigenvalue weighted by molar-refractivity contribution is 9.10. The number of aromatic nitrogens is 1. The van der Waals surface area contributed by atoms with Gasteiger partial charge in [0.2, 0.25) is 0 Å². The van der Waals surface area contributed by atoms with Crippen molar-refractivity contribution in [1.82, 2.24) is 4.98 Å². The first kappa shape index (κ1) is 13.9. The van der Waals surface area contributed by atoms with Crippen molar-refractivity contribution in [1.29, 1.82) is 0 Å². The first-order valence-electron chi connectivity index (χ1n) is 4.97. The maximum absolute atomic E-state index is 13.0. The zero-order chi connectivity index (χ0) is 14.0. The Labute approximate surface area is 116 Å². The van der Waals surface area contributed by atoms with E-state index in [9.17, 15) is 17.2 Å². The Morgan fingerprint density at radius 1 is 1.11 bits per heavy atom. The van der Waals surface area contributed by atoms with Gasteiger partial charge >= 0.3 is 0 Å². The zero-order valence-corrected chi connectivity index (χ0v) is 11.7. The number of pyridine rings is 1. The number of nitrogens with zero attached hydrogens (tertiary/aromatic N) is 1. The lowest BCUT2D eigenvalue weighted by atomic mass is 10.3. The highest BCUT2D eigenvalue weighted by Gasteiger charge is 2.17. The second kappa shape index (κ2) is 5.22. The summed E-state index contributed by atoms with van der Waals surface area (Å²) in [4.78, 5) is 3.28. The van der Waals surface area contributed by atoms with Crippen LogP contribution in [0.3, 0.4) is 0 Å². The van der Waals surface area contributed by atoms with Crippen LogP contribution in [-0.2, 0) is 10.0 Å². The van der Waals surface area contributed by atoms with Crippen LogP contribution >= 0.6 is 15.9 Å². The van der Waals surface area contributed by atoms with Crippen LogP contribution in [0.4, 0.5) is 14.6 Å². The molecule has 1 aromatic carbocycles. The molecule has 0 aliphatic carbocycles. The van der Waals surface area contributed by atoms with E-state index in [2.05, 4.69) is 25.6 Å². The molecule has 0 spiro atoms. The Morgan fingerprint density at radius 3 is 2.32 bits per heavy atom. The summed E-state index contributed by atoms with van der Waals surface area (Å²) in [7, 11) is -4.09. The fraction of sp³-hybridized carbons (Fsp3) is 0. The predicted molar refractivity (Wildman–Crippen MR) is 69.1 cm³/mol. The van der Waals surface area contributed by atoms with Crippen LogP contribution in [0.1, 0.15) is 0 Å². The normalized spacial score (nSPS) is 11.3. The van der Waals surface area contributed by atoms with Crippen molar-refractivity contribution in [2.75, 3.05) is 4.72 Å². The average Bonchev–Trinajstić information content (AvgIpc) is 2.26. The molecule has 19 heavy (non-hydrogen) atoms. The Bertz CT molecular complexity index is 702. The molecule has 2 rings (SSSR count). The fourth-order valence-electron chi connectivity index (χ4n) is 1.34. The first-order chi connectivity index (χ1) is 8.87. The lowest BCUT2D eigenvalue weighted by Crippen LogP contribution is -2.14. The van der Waals surface area contributed by atoms with Crippen molar-refractivity contribution in [3.05, 3.63) is 52.6 Å². The highest BCUT2D eigenvalue weighted by Crippen LogP contribution is 2.19. The molecule has 0 saturated carbocycles. The Kier molecular flexibility index (Phi) is 3.81. The minimum Gasteiger partial charge on any atom is -0.263 e. The lowest BCUT2D eigenvalue weighted by Gasteiger charge is -2.07. The van der Waals surface area contributed by atoms with E-state index in [1.165, 1.54) is 12.3 Å². The monoisotopic (exact) mass is 348 g/mol. The summed E-state index contributed by atoms with van der Waals surface area (Å²) in [6.07, 6.45) is 1.38. The summed E-state index contributed by atoms with van der Waals surface area (Å²) in [5, 5.41) is 0. The van der Waals surface area contributed by atoms with E-state index in [1.54, 1.807) is 6.07 Å². The molecule has 0 atom stereocenters. The van der Waals surface area contributed by atoms with Gasteiger partial charge in [0.05, 0.1) is 4.90 Å². The molecule has 0 saturated heterocycles. The van der Waals surface area contributed by atoms with Crippen molar-refractivity contribution in [3.8, 4) is 0 Å². The smallest absolute Gasteiger partial charge is 0.263 e. The second-order valence-corrected chi connectivity index (χ2v) is 6.17. The van der Waals surface area contributed by atoms with Gasteiger partial charge in [-0.2, -0.15) is 0 Å². The molecule has 1 heterocycles. The molecule has 1 N–H and O–H groups in total. The van der Waals surface area contributed by atoms with Gasteiger partial charge in [-0.3, -0.25) is 4.72 Å². The van der Waals surface area contributed by atoms with Gasteiger partial charge in [0, 0.05) is 16.7 Å². The van der Waals surface area contributed by atoms with E-state index in [0.717, 1.165) is 12.1 Å². The van der Waals surface area contributed by atoms with E-state index in [4.69, 9.17) is 0 Å². The third-order valence-corrected chi connectivity index (χ3v) is 3.93. The number of rotatable bonds is 3. The van der Waals surface area contributed by atoms with Gasteiger partial charge in [0.25, 0.3) is 10.0 Å². The van der Waals surface area contributed by atoms with Gasteiger partial charge in [-0.25, -0.2) is 22.2 Å². The summed E-state index contributed by atoms with van der Waals surface area (Å²) in [5.74, 6) is -1.90. The summed E-state index contributed by atoms with van der Waals surface area (Å²) >= 11 is 3.15. The van der Waals surface area contributed by atoms with Gasteiger partial charge < -0.3 is 0 Å². The molecule has 0 bridgehead atoms. The molecule has 4 nitrogen and oxygen atoms in total. The van der Waals surface area contributed by atoms with E-state index >= 15 is 0 Å². The van der Waals surface area contributed by atoms with Crippen LogP contribution in [0.15, 0.2) is 45.9 Å². The van der Waals surface area contributed by atoms with Crippen molar-refractivity contribution in [2.24, 2.45) is 0 Å². The minimum absolute atomic E-state index is 0.0408. The molecule has 8 heteroatoms. The maximum Gasteiger partial charge on any atom is 0.263 e. The van der Waals surface area contributed by atoms with Gasteiger partial charge in [-0.1, -0.05) is 15.9 Å². The van der Waals surface area contributed by atoms with Crippen LogP contribution in [-0.4, -0.2) is 13.4 Å². The molecule has 0 aliphatic heterocycles. The average molecular weight is 349 g/mol. The number of sulfonamides is 1. The number of nitrogens with one attached hydrogen (secondary N) is 1. The number of halogens is 3. The third-order valence-electron chi connectivity index (χ3n) is 2.11. The van der Waals surface area contributed by atoms with Gasteiger partial charge in [-0.05, 0) is 24.3 Å². The molecule has 2 aromatic rings. The largest absolute Gasteiger partial charge is 0.263 e. The summed E-state index contributed by atoms with van der Waals surface area (Å²) in [6.45, 7) is 0. The first-order valence-corrected chi connectivity index (χ1v) is 7.25. The van der Waals surface area contributed by atoms with E-state index < -0.39 is 26.6 Å². The molecular weight excluding hydrogens is 342 g/mol. The number of hydrogen-bond donors (Lipinski definition) is 1. The quantitative estimate of drug-likeness (QED) is 0.927. The molecular formula is C11H7BrF2N2O2S. The van der Waals surface area contributed by atoms with Crippen molar-refractivity contribution in [2.45, 2.75) is 4.90 Å². The molecule has 0 radical (unpaired) electrons. The molecule has 100 valence electrons. The molecule has 0 fully saturated rings. The van der Waals surface area contributed by atoms with Crippen LogP contribution < -0.4 is 4.72 Å². The van der Waals surface area contributed by atoms with Crippen LogP contribution in [0.5, 0.6) is 0 Å². The van der Waals surface area contributed by atoms with E-state index in [0.29, 0.717) is 10.5 Å². The third kappa shape index (κ3) is 3.48. The Morgan fingerprint density at radius 2 is 1.74 bits per heavy atom. The van der Waals surface area contributed by atoms with Crippen molar-refractivity contribution in [3.63, 3.8) is 0 Å². The summed E-state index contributed by atoms with van der Waals surface area (Å²) < 4.78 is 52.6. The topological polar surface area (TPSA) is 59.1 Å². The van der Waals surface area contributed by atoms with Crippen LogP contribution in [0, 0.1) is 11.6 Å². The number of hydrogen-bond acceptors (Lipinski definition) is 3. The predicted octanol–water partition coefficient (Wildman–Crippen LogP) is 2.92. The van der Waals surface area contributed by atoms with E-state index in [1.807, 2.05) is 0 Å². The van der Waals surface area contributed by atoms with Gasteiger partial charge in [0.15, 0.2) is 0 Å². The summed E-state index contributed by atoms with van der Waals surface area (Å²) in [6, 6.07) is 5.08. The van der Waals surface area contributed by atoms with Crippen molar-refractivity contribution < 1.29 is 17.2 Å². The second-order valence-electron chi connectivity index (χ2n) is 3.57. The van der Waals surface area contributed by atoms with E-state index in [-0.39, 0.29) is 5.82 Å². The van der Waals surface area contributed by atoms with Crippen LogP contribution in [0.2, 0.25) is 0 Å². The van der Waals surface area contributed by atoms with Gasteiger partial charge in [0.1, 0.15) is 17.5 Å². The standard InChI is InChI=1S/C11H7BrF2N2O2S/c12-7-1-2-15-11(3-7)16-19(17,18)10-5-8(13)4-9(14)6-10/h1-6H,(H,15,16). The van der Waals surface area contributed by atoms with Gasteiger partial charge in [-0.15, -0.1) is 0 Å². The molecule has 1 aromatic heterocycles. The minimum atomic E-state index is -4.09. The number of anilines is 1. The maximum atomic E-state index is 13.0. The summed E-state index contributed by atoms with van der Waals surface area (Å²) in [5.41, 5.74) is 0. The molecule has 0 unspecified atom stereocenters. The highest BCUT2D eigenvalue weighted by atomic mass is 79.9. The molecule has 0 amide bonds. The Balaban J connectivity index is 2.37. The Hall–Kier alpha value is -1.54.